The van der Waals surface area contributed by atoms with Crippen molar-refractivity contribution in [3.8, 4) is 0 Å². The van der Waals surface area contributed by atoms with Crippen LogP contribution in [0.25, 0.3) is 0 Å². The number of nitrogens with zero attached hydrogens (tertiary/aromatic N) is 2. The number of hydrogen-bond donors (Lipinski definition) is 1. The SMILES string of the molecule is COC(=O)CC1CN(Cc2ccccc2)CCN1C(=O)O. The largest absolute Gasteiger partial charge is 0.469 e. The monoisotopic (exact) mass is 292 g/mol. The maximum absolute atomic E-state index is 11.5. The number of hydrogen-bond acceptors (Lipinski definition) is 4. The van der Waals surface area contributed by atoms with Gasteiger partial charge in [0.2, 0.25) is 0 Å². The molecule has 1 amide bonds. The summed E-state index contributed by atoms with van der Waals surface area (Å²) in [5.74, 6) is -0.382. The standard InChI is InChI=1S/C15H20N2O4/c1-21-14(18)9-13-11-16(7-8-17(13)15(19)20)10-12-5-3-2-4-6-12/h2-6,13H,7-11H2,1H3,(H,19,20). The van der Waals surface area contributed by atoms with Crippen LogP contribution in [0.15, 0.2) is 30.3 Å². The second-order valence-corrected chi connectivity index (χ2v) is 5.13. The number of methoxy groups -OCH3 is 1. The average Bonchev–Trinajstić information content (AvgIpc) is 2.48. The smallest absolute Gasteiger partial charge is 0.407 e. The molecule has 1 unspecified atom stereocenters. The van der Waals surface area contributed by atoms with Crippen molar-refractivity contribution in [3.05, 3.63) is 35.9 Å². The first-order valence-corrected chi connectivity index (χ1v) is 6.93. The number of carbonyl (C=O) groups excluding carboxylic acids is 1. The Labute approximate surface area is 123 Å². The molecule has 1 aliphatic rings. The van der Waals surface area contributed by atoms with Gasteiger partial charge in [-0.05, 0) is 5.56 Å². The summed E-state index contributed by atoms with van der Waals surface area (Å²) in [5, 5.41) is 9.23. The first kappa shape index (κ1) is 15.3. The Hall–Kier alpha value is -2.08. The zero-order valence-corrected chi connectivity index (χ0v) is 12.1. The van der Waals surface area contributed by atoms with E-state index in [0.29, 0.717) is 19.6 Å². The van der Waals surface area contributed by atoms with E-state index in [1.165, 1.54) is 17.6 Å². The summed E-state index contributed by atoms with van der Waals surface area (Å²) in [6.45, 7) is 2.37. The molecule has 0 bridgehead atoms. The summed E-state index contributed by atoms with van der Waals surface area (Å²) < 4.78 is 4.66. The van der Waals surface area contributed by atoms with E-state index >= 15 is 0 Å². The minimum absolute atomic E-state index is 0.0914. The van der Waals surface area contributed by atoms with Gasteiger partial charge in [0.1, 0.15) is 0 Å². The molecule has 6 nitrogen and oxygen atoms in total. The Morgan fingerprint density at radius 2 is 2.00 bits per heavy atom. The highest BCUT2D eigenvalue weighted by Gasteiger charge is 2.32. The van der Waals surface area contributed by atoms with Crippen LogP contribution >= 0.6 is 0 Å². The van der Waals surface area contributed by atoms with Gasteiger partial charge in [0.15, 0.2) is 0 Å². The molecule has 0 aromatic heterocycles. The number of ether oxygens (including phenoxy) is 1. The molecule has 114 valence electrons. The maximum Gasteiger partial charge on any atom is 0.407 e. The van der Waals surface area contributed by atoms with E-state index in [1.807, 2.05) is 30.3 Å². The molecular formula is C15H20N2O4. The predicted molar refractivity (Wildman–Crippen MR) is 76.9 cm³/mol. The van der Waals surface area contributed by atoms with Crippen LogP contribution in [0.2, 0.25) is 0 Å². The normalized spacial score (nSPS) is 19.3. The van der Waals surface area contributed by atoms with Gasteiger partial charge in [-0.15, -0.1) is 0 Å². The van der Waals surface area contributed by atoms with Crippen LogP contribution in [0.5, 0.6) is 0 Å². The molecular weight excluding hydrogens is 272 g/mol. The Bertz CT molecular complexity index is 492. The van der Waals surface area contributed by atoms with Crippen LogP contribution < -0.4 is 0 Å². The summed E-state index contributed by atoms with van der Waals surface area (Å²) in [4.78, 5) is 26.2. The van der Waals surface area contributed by atoms with Gasteiger partial charge in [-0.25, -0.2) is 4.79 Å². The molecule has 6 heteroatoms. The van der Waals surface area contributed by atoms with Gasteiger partial charge in [-0.3, -0.25) is 9.69 Å². The Balaban J connectivity index is 2.01. The van der Waals surface area contributed by atoms with E-state index in [2.05, 4.69) is 9.64 Å². The molecule has 0 aliphatic carbocycles. The van der Waals surface area contributed by atoms with Gasteiger partial charge in [-0.2, -0.15) is 0 Å². The van der Waals surface area contributed by atoms with Crippen LogP contribution in [-0.4, -0.2) is 59.8 Å². The number of carbonyl (C=O) groups is 2. The average molecular weight is 292 g/mol. The number of carboxylic acid groups (broad SMARTS) is 1. The summed E-state index contributed by atoms with van der Waals surface area (Å²) in [5.41, 5.74) is 1.18. The van der Waals surface area contributed by atoms with Crippen LogP contribution in [-0.2, 0) is 16.1 Å². The lowest BCUT2D eigenvalue weighted by molar-refractivity contribution is -0.142. The minimum atomic E-state index is -0.983. The molecule has 21 heavy (non-hydrogen) atoms. The first-order chi connectivity index (χ1) is 10.1. The van der Waals surface area contributed by atoms with Crippen molar-refractivity contribution in [1.29, 1.82) is 0 Å². The third-order valence-corrected chi connectivity index (χ3v) is 3.69. The highest BCUT2D eigenvalue weighted by atomic mass is 16.5. The van der Waals surface area contributed by atoms with Crippen molar-refractivity contribution in [1.82, 2.24) is 9.80 Å². The van der Waals surface area contributed by atoms with E-state index in [0.717, 1.165) is 6.54 Å². The Morgan fingerprint density at radius 3 is 2.62 bits per heavy atom. The van der Waals surface area contributed by atoms with Crippen molar-refractivity contribution in [2.75, 3.05) is 26.7 Å². The van der Waals surface area contributed by atoms with Crippen LogP contribution in [0.4, 0.5) is 4.79 Å². The lowest BCUT2D eigenvalue weighted by atomic mass is 10.1. The summed E-state index contributed by atoms with van der Waals surface area (Å²) in [7, 11) is 1.32. The molecule has 2 rings (SSSR count). The predicted octanol–water partition coefficient (Wildman–Crippen LogP) is 1.41. The molecule has 0 saturated carbocycles. The Kier molecular flexibility index (Phi) is 5.16. The van der Waals surface area contributed by atoms with Crippen LogP contribution in [0, 0.1) is 0 Å². The number of esters is 1. The summed E-state index contributed by atoms with van der Waals surface area (Å²) in [6.07, 6.45) is -0.892. The number of amides is 1. The molecule has 1 aromatic rings. The van der Waals surface area contributed by atoms with Gasteiger partial charge >= 0.3 is 12.1 Å². The number of piperazine rings is 1. The molecule has 0 spiro atoms. The van der Waals surface area contributed by atoms with Gasteiger partial charge < -0.3 is 14.7 Å². The molecule has 1 heterocycles. The van der Waals surface area contributed by atoms with Crippen molar-refractivity contribution in [2.24, 2.45) is 0 Å². The topological polar surface area (TPSA) is 70.1 Å². The van der Waals surface area contributed by atoms with E-state index in [-0.39, 0.29) is 18.4 Å². The molecule has 1 aliphatic heterocycles. The van der Waals surface area contributed by atoms with E-state index < -0.39 is 6.09 Å². The zero-order valence-electron chi connectivity index (χ0n) is 12.1. The number of benzene rings is 1. The van der Waals surface area contributed by atoms with Gasteiger partial charge in [-0.1, -0.05) is 30.3 Å². The number of rotatable bonds is 4. The van der Waals surface area contributed by atoms with Gasteiger partial charge in [0, 0.05) is 26.2 Å². The fourth-order valence-corrected chi connectivity index (χ4v) is 2.61. The second kappa shape index (κ2) is 7.08. The lowest BCUT2D eigenvalue weighted by Crippen LogP contribution is -2.55. The third kappa shape index (κ3) is 4.19. The van der Waals surface area contributed by atoms with Gasteiger partial charge in [0.25, 0.3) is 0 Å². The molecule has 1 fully saturated rings. The van der Waals surface area contributed by atoms with Crippen molar-refractivity contribution >= 4 is 12.1 Å². The molecule has 1 saturated heterocycles. The second-order valence-electron chi connectivity index (χ2n) is 5.13. The minimum Gasteiger partial charge on any atom is -0.469 e. The zero-order chi connectivity index (χ0) is 15.2. The summed E-state index contributed by atoms with van der Waals surface area (Å²) >= 11 is 0. The van der Waals surface area contributed by atoms with Crippen molar-refractivity contribution < 1.29 is 19.4 Å². The molecule has 1 N–H and O–H groups in total. The molecule has 1 aromatic carbocycles. The quantitative estimate of drug-likeness (QED) is 0.850. The van der Waals surface area contributed by atoms with E-state index in [1.54, 1.807) is 0 Å². The lowest BCUT2D eigenvalue weighted by Gasteiger charge is -2.39. The van der Waals surface area contributed by atoms with E-state index in [4.69, 9.17) is 0 Å². The highest BCUT2D eigenvalue weighted by molar-refractivity contribution is 5.72. The van der Waals surface area contributed by atoms with Gasteiger partial charge in [0.05, 0.1) is 19.6 Å². The summed E-state index contributed by atoms with van der Waals surface area (Å²) in [6, 6.07) is 9.65. The van der Waals surface area contributed by atoms with E-state index in [9.17, 15) is 14.7 Å². The van der Waals surface area contributed by atoms with Crippen molar-refractivity contribution in [2.45, 2.75) is 19.0 Å². The van der Waals surface area contributed by atoms with Crippen molar-refractivity contribution in [3.63, 3.8) is 0 Å². The first-order valence-electron chi connectivity index (χ1n) is 6.93. The molecule has 0 radical (unpaired) electrons. The Morgan fingerprint density at radius 1 is 1.29 bits per heavy atom. The van der Waals surface area contributed by atoms with Crippen LogP contribution in [0.1, 0.15) is 12.0 Å². The fraction of sp³-hybridized carbons (Fsp3) is 0.467. The third-order valence-electron chi connectivity index (χ3n) is 3.69. The molecule has 1 atom stereocenters. The van der Waals surface area contributed by atoms with Crippen LogP contribution in [0.3, 0.4) is 0 Å². The highest BCUT2D eigenvalue weighted by Crippen LogP contribution is 2.16. The maximum atomic E-state index is 11.5. The fourth-order valence-electron chi connectivity index (χ4n) is 2.61.